The van der Waals surface area contributed by atoms with Crippen LogP contribution in [0, 0.1) is 6.92 Å². The summed E-state index contributed by atoms with van der Waals surface area (Å²) in [6.45, 7) is 1.51. The summed E-state index contributed by atoms with van der Waals surface area (Å²) in [6, 6.07) is 12.6. The molecule has 6 nitrogen and oxygen atoms in total. The van der Waals surface area contributed by atoms with E-state index >= 15 is 0 Å². The van der Waals surface area contributed by atoms with E-state index in [0.29, 0.717) is 22.7 Å². The highest BCUT2D eigenvalue weighted by atomic mass is 16.5. The number of esters is 1. The van der Waals surface area contributed by atoms with Gasteiger partial charge < -0.3 is 19.5 Å². The molecule has 1 amide bonds. The maximum atomic E-state index is 11.9. The number of aryl methyl sites for hydroxylation is 1. The number of ether oxygens (including phenoxy) is 3. The highest BCUT2D eigenvalue weighted by Crippen LogP contribution is 2.25. The van der Waals surface area contributed by atoms with Crippen LogP contribution >= 0.6 is 0 Å². The molecule has 0 aliphatic rings. The number of hydrogen-bond donors (Lipinski definition) is 1. The Morgan fingerprint density at radius 2 is 1.85 bits per heavy atom. The summed E-state index contributed by atoms with van der Waals surface area (Å²) in [7, 11) is 3.09. The second kappa shape index (κ2) is 9.27. The molecule has 0 unspecified atom stereocenters. The Kier molecular flexibility index (Phi) is 6.79. The van der Waals surface area contributed by atoms with Crippen molar-refractivity contribution in [1.29, 1.82) is 0 Å². The summed E-state index contributed by atoms with van der Waals surface area (Å²) in [4.78, 5) is 23.7. The molecule has 136 valence electrons. The number of amides is 1. The van der Waals surface area contributed by atoms with Crippen molar-refractivity contribution in [3.8, 4) is 11.5 Å². The zero-order chi connectivity index (χ0) is 18.9. The maximum Gasteiger partial charge on any atom is 0.331 e. The van der Waals surface area contributed by atoms with E-state index in [2.05, 4.69) is 5.32 Å². The number of hydrogen-bond acceptors (Lipinski definition) is 5. The van der Waals surface area contributed by atoms with Crippen molar-refractivity contribution in [2.45, 2.75) is 6.92 Å². The lowest BCUT2D eigenvalue weighted by Crippen LogP contribution is -2.20. The molecule has 0 heterocycles. The van der Waals surface area contributed by atoms with Gasteiger partial charge in [-0.15, -0.1) is 0 Å². The van der Waals surface area contributed by atoms with Gasteiger partial charge in [0, 0.05) is 17.3 Å². The average Bonchev–Trinajstić information content (AvgIpc) is 2.66. The number of nitrogens with one attached hydrogen (secondary N) is 1. The van der Waals surface area contributed by atoms with Crippen LogP contribution < -0.4 is 14.8 Å². The van der Waals surface area contributed by atoms with Gasteiger partial charge in [-0.25, -0.2) is 4.79 Å². The molecule has 0 spiro atoms. The van der Waals surface area contributed by atoms with Gasteiger partial charge in [0.25, 0.3) is 5.91 Å². The quantitative estimate of drug-likeness (QED) is 0.610. The maximum absolute atomic E-state index is 11.9. The second-order valence-corrected chi connectivity index (χ2v) is 5.41. The van der Waals surface area contributed by atoms with Gasteiger partial charge in [-0.3, -0.25) is 4.79 Å². The van der Waals surface area contributed by atoms with Gasteiger partial charge in [0.15, 0.2) is 6.61 Å². The summed E-state index contributed by atoms with van der Waals surface area (Å²) in [5.74, 6) is 0.193. The van der Waals surface area contributed by atoms with Crippen LogP contribution in [0.1, 0.15) is 11.1 Å². The number of methoxy groups -OCH3 is 2. The third kappa shape index (κ3) is 5.37. The van der Waals surface area contributed by atoms with E-state index in [1.165, 1.54) is 13.2 Å². The van der Waals surface area contributed by atoms with Gasteiger partial charge in [0.1, 0.15) is 11.5 Å². The molecule has 0 saturated heterocycles. The Morgan fingerprint density at radius 1 is 1.08 bits per heavy atom. The summed E-state index contributed by atoms with van der Waals surface area (Å²) in [5, 5.41) is 2.70. The van der Waals surface area contributed by atoms with Crippen LogP contribution in [-0.4, -0.2) is 32.7 Å². The normalized spacial score (nSPS) is 10.4. The first-order valence-electron chi connectivity index (χ1n) is 7.96. The minimum atomic E-state index is -0.630. The van der Waals surface area contributed by atoms with Crippen molar-refractivity contribution in [3.05, 3.63) is 59.7 Å². The second-order valence-electron chi connectivity index (χ2n) is 5.41. The molecular weight excluding hydrogens is 334 g/mol. The molecule has 0 aliphatic carbocycles. The Labute approximate surface area is 152 Å². The first-order chi connectivity index (χ1) is 12.5. The molecule has 0 aromatic heterocycles. The minimum absolute atomic E-state index is 0.368. The predicted octanol–water partition coefficient (Wildman–Crippen LogP) is 3.21. The highest BCUT2D eigenvalue weighted by Gasteiger charge is 2.08. The number of rotatable bonds is 7. The fourth-order valence-corrected chi connectivity index (χ4v) is 2.21. The number of benzene rings is 2. The van der Waals surface area contributed by atoms with Crippen molar-refractivity contribution in [2.24, 2.45) is 0 Å². The molecule has 0 saturated carbocycles. The van der Waals surface area contributed by atoms with Crippen molar-refractivity contribution < 1.29 is 23.8 Å². The van der Waals surface area contributed by atoms with Gasteiger partial charge in [-0.2, -0.15) is 0 Å². The van der Waals surface area contributed by atoms with E-state index in [0.717, 1.165) is 5.56 Å². The first kappa shape index (κ1) is 19.1. The number of para-hydroxylation sites is 1. The van der Waals surface area contributed by atoms with Gasteiger partial charge >= 0.3 is 5.97 Å². The van der Waals surface area contributed by atoms with E-state index in [1.807, 2.05) is 25.1 Å². The molecule has 2 rings (SSSR count). The summed E-state index contributed by atoms with van der Waals surface area (Å²) < 4.78 is 15.3. The van der Waals surface area contributed by atoms with Crippen LogP contribution in [0.25, 0.3) is 6.08 Å². The van der Waals surface area contributed by atoms with Gasteiger partial charge in [-0.1, -0.05) is 18.2 Å². The SMILES string of the molecule is COc1ccc(OC)c(C=CC(=O)OCC(=O)Nc2ccccc2C)c1. The fraction of sp³-hybridized carbons (Fsp3) is 0.200. The fourth-order valence-electron chi connectivity index (χ4n) is 2.21. The summed E-state index contributed by atoms with van der Waals surface area (Å²) >= 11 is 0. The Bertz CT molecular complexity index is 814. The molecule has 0 fully saturated rings. The number of carbonyl (C=O) groups is 2. The van der Waals surface area contributed by atoms with Crippen LogP contribution in [0.4, 0.5) is 5.69 Å². The molecule has 6 heteroatoms. The minimum Gasteiger partial charge on any atom is -0.497 e. The monoisotopic (exact) mass is 355 g/mol. The summed E-state index contributed by atoms with van der Waals surface area (Å²) in [6.07, 6.45) is 2.78. The van der Waals surface area contributed by atoms with Gasteiger partial charge in [-0.05, 0) is 42.8 Å². The molecular formula is C20H21NO5. The molecule has 0 atom stereocenters. The largest absolute Gasteiger partial charge is 0.497 e. The van der Waals surface area contributed by atoms with Crippen LogP contribution in [-0.2, 0) is 14.3 Å². The molecule has 2 aromatic carbocycles. The van der Waals surface area contributed by atoms with E-state index in [9.17, 15) is 9.59 Å². The van der Waals surface area contributed by atoms with Crippen molar-refractivity contribution in [2.75, 3.05) is 26.1 Å². The number of carbonyl (C=O) groups excluding carboxylic acids is 2. The molecule has 2 aromatic rings. The topological polar surface area (TPSA) is 73.9 Å². The smallest absolute Gasteiger partial charge is 0.331 e. The van der Waals surface area contributed by atoms with Crippen LogP contribution in [0.2, 0.25) is 0 Å². The average molecular weight is 355 g/mol. The van der Waals surface area contributed by atoms with Crippen LogP contribution in [0.15, 0.2) is 48.5 Å². The lowest BCUT2D eigenvalue weighted by Gasteiger charge is -2.08. The zero-order valence-corrected chi connectivity index (χ0v) is 14.9. The van der Waals surface area contributed by atoms with Gasteiger partial charge in [0.2, 0.25) is 0 Å². The lowest BCUT2D eigenvalue weighted by molar-refractivity contribution is -0.142. The molecule has 0 radical (unpaired) electrons. The molecule has 0 bridgehead atoms. The summed E-state index contributed by atoms with van der Waals surface area (Å²) in [5.41, 5.74) is 2.27. The standard InChI is InChI=1S/C20H21NO5/c1-14-6-4-5-7-17(14)21-19(22)13-26-20(23)11-8-15-12-16(24-2)9-10-18(15)25-3/h4-12H,13H2,1-3H3,(H,21,22). The third-order valence-corrected chi connectivity index (χ3v) is 3.60. The first-order valence-corrected chi connectivity index (χ1v) is 7.96. The third-order valence-electron chi connectivity index (χ3n) is 3.60. The number of anilines is 1. The van der Waals surface area contributed by atoms with Gasteiger partial charge in [0.05, 0.1) is 14.2 Å². The zero-order valence-electron chi connectivity index (χ0n) is 14.9. The highest BCUT2D eigenvalue weighted by molar-refractivity contribution is 5.95. The predicted molar refractivity (Wildman–Crippen MR) is 99.3 cm³/mol. The van der Waals surface area contributed by atoms with E-state index in [-0.39, 0.29) is 6.61 Å². The Hall–Kier alpha value is -3.28. The Balaban J connectivity index is 1.91. The van der Waals surface area contributed by atoms with Crippen molar-refractivity contribution >= 4 is 23.6 Å². The molecule has 0 aliphatic heterocycles. The van der Waals surface area contributed by atoms with Crippen LogP contribution in [0.5, 0.6) is 11.5 Å². The van der Waals surface area contributed by atoms with E-state index < -0.39 is 11.9 Å². The van der Waals surface area contributed by atoms with Crippen molar-refractivity contribution in [1.82, 2.24) is 0 Å². The molecule has 26 heavy (non-hydrogen) atoms. The van der Waals surface area contributed by atoms with E-state index in [1.54, 1.807) is 37.5 Å². The van der Waals surface area contributed by atoms with Crippen molar-refractivity contribution in [3.63, 3.8) is 0 Å². The molecule has 1 N–H and O–H groups in total. The Morgan fingerprint density at radius 3 is 2.54 bits per heavy atom. The van der Waals surface area contributed by atoms with Crippen LogP contribution in [0.3, 0.4) is 0 Å². The lowest BCUT2D eigenvalue weighted by atomic mass is 10.1. The van der Waals surface area contributed by atoms with E-state index in [4.69, 9.17) is 14.2 Å².